The van der Waals surface area contributed by atoms with E-state index in [9.17, 15) is 0 Å². The Bertz CT molecular complexity index is 214. The van der Waals surface area contributed by atoms with Gasteiger partial charge >= 0.3 is 0 Å². The Hall–Kier alpha value is -0.300. The molecule has 14 heavy (non-hydrogen) atoms. The van der Waals surface area contributed by atoms with Crippen molar-refractivity contribution in [3.05, 3.63) is 12.2 Å². The zero-order chi connectivity index (χ0) is 11.8. The summed E-state index contributed by atoms with van der Waals surface area (Å²) in [6.45, 7) is 19.4. The smallest absolute Gasteiger partial charge is 0.0105 e. The first-order valence-corrected chi connectivity index (χ1v) is 5.35. The lowest BCUT2D eigenvalue weighted by molar-refractivity contribution is 0.113. The molecule has 84 valence electrons. The van der Waals surface area contributed by atoms with Crippen molar-refractivity contribution in [2.24, 2.45) is 16.6 Å². The highest BCUT2D eigenvalue weighted by molar-refractivity contribution is 5.12. The first-order chi connectivity index (χ1) is 5.90. The molecule has 0 aliphatic rings. The van der Waals surface area contributed by atoms with Crippen LogP contribution in [0.3, 0.4) is 0 Å². The van der Waals surface area contributed by atoms with Crippen LogP contribution in [-0.4, -0.2) is 5.54 Å². The highest BCUT2D eigenvalue weighted by Gasteiger charge is 2.40. The van der Waals surface area contributed by atoms with E-state index in [1.807, 2.05) is 0 Å². The van der Waals surface area contributed by atoms with Crippen molar-refractivity contribution in [2.45, 2.75) is 60.4 Å². The highest BCUT2D eigenvalue weighted by atomic mass is 14.7. The average Bonchev–Trinajstić information content (AvgIpc) is 1.79. The molecule has 0 aromatic rings. The summed E-state index contributed by atoms with van der Waals surface area (Å²) in [5, 5.41) is 0. The molecule has 0 aromatic carbocycles. The van der Waals surface area contributed by atoms with Gasteiger partial charge in [-0.05, 0) is 38.0 Å². The molecule has 0 amide bonds. The molecule has 0 radical (unpaired) electrons. The molecule has 0 aliphatic heterocycles. The Morgan fingerprint density at radius 1 is 1.07 bits per heavy atom. The minimum atomic E-state index is -0.138. The van der Waals surface area contributed by atoms with Crippen LogP contribution in [0.4, 0.5) is 0 Å². The number of rotatable bonds is 3. The van der Waals surface area contributed by atoms with Crippen molar-refractivity contribution in [1.82, 2.24) is 0 Å². The summed E-state index contributed by atoms with van der Waals surface area (Å²) in [4.78, 5) is 0. The van der Waals surface area contributed by atoms with Crippen LogP contribution in [-0.2, 0) is 0 Å². The largest absolute Gasteiger partial charge is 0.326 e. The minimum absolute atomic E-state index is 0.102. The standard InChI is InChI=1S/C13H27N/c1-10(2)13(8,11(3,4)5)9-12(6,7)14/h1,9,14H2,2-8H3. The summed E-state index contributed by atoms with van der Waals surface area (Å²) in [5.74, 6) is 0. The van der Waals surface area contributed by atoms with E-state index in [1.165, 1.54) is 5.57 Å². The summed E-state index contributed by atoms with van der Waals surface area (Å²) >= 11 is 0. The molecule has 0 saturated heterocycles. The van der Waals surface area contributed by atoms with Crippen molar-refractivity contribution < 1.29 is 0 Å². The molecular weight excluding hydrogens is 170 g/mol. The van der Waals surface area contributed by atoms with Crippen LogP contribution in [0.25, 0.3) is 0 Å². The number of hydrogen-bond donors (Lipinski definition) is 1. The molecule has 0 aromatic heterocycles. The quantitative estimate of drug-likeness (QED) is 0.685. The van der Waals surface area contributed by atoms with E-state index in [-0.39, 0.29) is 16.4 Å². The molecule has 1 atom stereocenters. The lowest BCUT2D eigenvalue weighted by Gasteiger charge is -2.46. The second-order valence-corrected chi connectivity index (χ2v) is 6.53. The normalized spacial score (nSPS) is 17.7. The Balaban J connectivity index is 5.04. The van der Waals surface area contributed by atoms with Gasteiger partial charge in [-0.1, -0.05) is 39.8 Å². The van der Waals surface area contributed by atoms with Gasteiger partial charge in [0.1, 0.15) is 0 Å². The van der Waals surface area contributed by atoms with Gasteiger partial charge in [-0.3, -0.25) is 0 Å². The Morgan fingerprint density at radius 3 is 1.50 bits per heavy atom. The molecule has 2 N–H and O–H groups in total. The van der Waals surface area contributed by atoms with Crippen LogP contribution in [0.5, 0.6) is 0 Å². The number of nitrogens with two attached hydrogens (primary N) is 1. The molecule has 0 fully saturated rings. The van der Waals surface area contributed by atoms with Gasteiger partial charge < -0.3 is 5.73 Å². The van der Waals surface area contributed by atoms with E-state index >= 15 is 0 Å². The maximum atomic E-state index is 6.11. The third kappa shape index (κ3) is 3.13. The molecule has 1 nitrogen and oxygen atoms in total. The monoisotopic (exact) mass is 197 g/mol. The van der Waals surface area contributed by atoms with E-state index in [1.54, 1.807) is 0 Å². The Morgan fingerprint density at radius 2 is 1.43 bits per heavy atom. The second-order valence-electron chi connectivity index (χ2n) is 6.53. The van der Waals surface area contributed by atoms with Gasteiger partial charge in [0.15, 0.2) is 0 Å². The molecular formula is C13H27N. The van der Waals surface area contributed by atoms with E-state index in [2.05, 4.69) is 55.0 Å². The van der Waals surface area contributed by atoms with Gasteiger partial charge in [0.2, 0.25) is 0 Å². The van der Waals surface area contributed by atoms with Gasteiger partial charge in [-0.2, -0.15) is 0 Å². The summed E-state index contributed by atoms with van der Waals surface area (Å²) in [6, 6.07) is 0. The maximum Gasteiger partial charge on any atom is 0.0105 e. The van der Waals surface area contributed by atoms with Gasteiger partial charge in [-0.25, -0.2) is 0 Å². The third-order valence-electron chi connectivity index (χ3n) is 3.41. The molecule has 0 spiro atoms. The predicted molar refractivity (Wildman–Crippen MR) is 65.3 cm³/mol. The molecule has 0 aliphatic carbocycles. The minimum Gasteiger partial charge on any atom is -0.326 e. The highest BCUT2D eigenvalue weighted by Crippen LogP contribution is 2.48. The summed E-state index contributed by atoms with van der Waals surface area (Å²) in [6.07, 6.45) is 0.971. The molecule has 1 heteroatoms. The van der Waals surface area contributed by atoms with E-state index in [0.717, 1.165) is 6.42 Å². The Kier molecular flexibility index (Phi) is 3.61. The maximum absolute atomic E-state index is 6.11. The molecule has 0 rings (SSSR count). The lowest BCUT2D eigenvalue weighted by atomic mass is 9.60. The fourth-order valence-corrected chi connectivity index (χ4v) is 1.97. The zero-order valence-electron chi connectivity index (χ0n) is 11.0. The van der Waals surface area contributed by atoms with Crippen molar-refractivity contribution in [2.75, 3.05) is 0 Å². The van der Waals surface area contributed by atoms with Crippen LogP contribution < -0.4 is 5.73 Å². The van der Waals surface area contributed by atoms with Crippen molar-refractivity contribution in [3.8, 4) is 0 Å². The van der Waals surface area contributed by atoms with E-state index in [4.69, 9.17) is 5.73 Å². The van der Waals surface area contributed by atoms with Gasteiger partial charge in [0, 0.05) is 5.54 Å². The van der Waals surface area contributed by atoms with Gasteiger partial charge in [0.05, 0.1) is 0 Å². The molecule has 1 unspecified atom stereocenters. The number of allylic oxidation sites excluding steroid dienone is 1. The second kappa shape index (κ2) is 3.69. The van der Waals surface area contributed by atoms with Gasteiger partial charge in [0.25, 0.3) is 0 Å². The Labute approximate surface area is 89.8 Å². The molecule has 0 bridgehead atoms. The van der Waals surface area contributed by atoms with Crippen LogP contribution in [0.15, 0.2) is 12.2 Å². The topological polar surface area (TPSA) is 26.0 Å². The first kappa shape index (κ1) is 13.7. The predicted octanol–water partition coefficient (Wildman–Crippen LogP) is 3.74. The van der Waals surface area contributed by atoms with E-state index in [0.29, 0.717) is 0 Å². The average molecular weight is 197 g/mol. The molecule has 0 heterocycles. The third-order valence-corrected chi connectivity index (χ3v) is 3.41. The van der Waals surface area contributed by atoms with Crippen LogP contribution in [0.2, 0.25) is 0 Å². The van der Waals surface area contributed by atoms with E-state index < -0.39 is 0 Å². The van der Waals surface area contributed by atoms with Crippen molar-refractivity contribution >= 4 is 0 Å². The van der Waals surface area contributed by atoms with Crippen LogP contribution in [0.1, 0.15) is 54.9 Å². The summed E-state index contributed by atoms with van der Waals surface area (Å²) in [5.41, 5.74) is 7.51. The zero-order valence-corrected chi connectivity index (χ0v) is 11.0. The van der Waals surface area contributed by atoms with Crippen LogP contribution in [0, 0.1) is 10.8 Å². The number of hydrogen-bond acceptors (Lipinski definition) is 1. The SMILES string of the molecule is C=C(C)C(C)(CC(C)(C)N)C(C)(C)C. The summed E-state index contributed by atoms with van der Waals surface area (Å²) < 4.78 is 0. The lowest BCUT2D eigenvalue weighted by Crippen LogP contribution is -2.44. The fourth-order valence-electron chi connectivity index (χ4n) is 1.97. The fraction of sp³-hybridized carbons (Fsp3) is 0.846. The first-order valence-electron chi connectivity index (χ1n) is 5.35. The summed E-state index contributed by atoms with van der Waals surface area (Å²) in [7, 11) is 0. The van der Waals surface area contributed by atoms with Crippen LogP contribution >= 0.6 is 0 Å². The van der Waals surface area contributed by atoms with Crippen molar-refractivity contribution in [3.63, 3.8) is 0 Å². The molecule has 0 saturated carbocycles. The van der Waals surface area contributed by atoms with Crippen molar-refractivity contribution in [1.29, 1.82) is 0 Å². The van der Waals surface area contributed by atoms with Gasteiger partial charge in [-0.15, -0.1) is 0 Å².